The van der Waals surface area contributed by atoms with Crippen LogP contribution in [0.5, 0.6) is 5.75 Å². The van der Waals surface area contributed by atoms with E-state index in [0.29, 0.717) is 6.04 Å². The Morgan fingerprint density at radius 3 is 2.82 bits per heavy atom. The average molecular weight is 298 g/mol. The van der Waals surface area contributed by atoms with E-state index in [9.17, 15) is 0 Å². The van der Waals surface area contributed by atoms with Gasteiger partial charge in [-0.15, -0.1) is 0 Å². The number of rotatable bonds is 5. The molecule has 1 aromatic rings. The molecule has 0 heterocycles. The van der Waals surface area contributed by atoms with Crippen molar-refractivity contribution >= 4 is 21.6 Å². The average Bonchev–Trinajstić information content (AvgIpc) is 2.27. The van der Waals surface area contributed by atoms with Crippen molar-refractivity contribution in [2.75, 3.05) is 12.4 Å². The van der Waals surface area contributed by atoms with Crippen molar-refractivity contribution in [2.24, 2.45) is 5.92 Å². The van der Waals surface area contributed by atoms with E-state index < -0.39 is 0 Å². The molecular formula is C14H20BrNO. The molecule has 0 spiro atoms. The Morgan fingerprint density at radius 1 is 1.47 bits per heavy atom. The molecule has 1 atom stereocenters. The molecule has 0 saturated heterocycles. The topological polar surface area (TPSA) is 21.3 Å². The van der Waals surface area contributed by atoms with Gasteiger partial charge in [-0.05, 0) is 47.3 Å². The molecule has 0 aromatic heterocycles. The molecule has 1 saturated carbocycles. The maximum Gasteiger partial charge on any atom is 0.121 e. The minimum Gasteiger partial charge on any atom is -0.497 e. The van der Waals surface area contributed by atoms with Gasteiger partial charge in [-0.25, -0.2) is 0 Å². The van der Waals surface area contributed by atoms with Gasteiger partial charge < -0.3 is 10.1 Å². The van der Waals surface area contributed by atoms with Crippen molar-refractivity contribution in [3.63, 3.8) is 0 Å². The quantitative estimate of drug-likeness (QED) is 0.867. The summed E-state index contributed by atoms with van der Waals surface area (Å²) in [5, 5.41) is 3.56. The first-order chi connectivity index (χ1) is 8.19. The second-order valence-electron chi connectivity index (χ2n) is 4.92. The van der Waals surface area contributed by atoms with Gasteiger partial charge in [0.1, 0.15) is 5.75 Å². The van der Waals surface area contributed by atoms with Gasteiger partial charge in [0, 0.05) is 16.6 Å². The van der Waals surface area contributed by atoms with E-state index in [1.54, 1.807) is 7.11 Å². The van der Waals surface area contributed by atoms with E-state index in [1.165, 1.54) is 25.7 Å². The van der Waals surface area contributed by atoms with E-state index in [-0.39, 0.29) is 0 Å². The van der Waals surface area contributed by atoms with Crippen LogP contribution in [0.4, 0.5) is 5.69 Å². The fraction of sp³-hybridized carbons (Fsp3) is 0.571. The largest absolute Gasteiger partial charge is 0.497 e. The molecule has 94 valence electrons. The maximum atomic E-state index is 5.24. The number of hydrogen-bond acceptors (Lipinski definition) is 2. The van der Waals surface area contributed by atoms with Gasteiger partial charge in [0.25, 0.3) is 0 Å². The minimum absolute atomic E-state index is 0.517. The van der Waals surface area contributed by atoms with Crippen molar-refractivity contribution in [2.45, 2.75) is 38.6 Å². The van der Waals surface area contributed by atoms with Crippen LogP contribution in [0.2, 0.25) is 0 Å². The molecule has 17 heavy (non-hydrogen) atoms. The summed E-state index contributed by atoms with van der Waals surface area (Å²) in [6, 6.07) is 6.55. The second kappa shape index (κ2) is 5.76. The normalized spacial score (nSPS) is 17.4. The van der Waals surface area contributed by atoms with E-state index in [0.717, 1.165) is 21.8 Å². The molecule has 0 bridgehead atoms. The Balaban J connectivity index is 1.96. The lowest BCUT2D eigenvalue weighted by atomic mass is 9.81. The lowest BCUT2D eigenvalue weighted by Crippen LogP contribution is -2.23. The number of hydrogen-bond donors (Lipinski definition) is 1. The Morgan fingerprint density at radius 2 is 2.24 bits per heavy atom. The molecule has 2 rings (SSSR count). The highest BCUT2D eigenvalue weighted by atomic mass is 79.9. The lowest BCUT2D eigenvalue weighted by molar-refractivity contribution is 0.286. The molecule has 1 unspecified atom stereocenters. The number of halogens is 1. The standard InChI is InChI=1S/C14H20BrNO/c1-10(8-11-4-3-5-11)16-14-9-12(17-2)6-7-13(14)15/h6-7,9-11,16H,3-5,8H2,1-2H3. The molecular weight excluding hydrogens is 278 g/mol. The Bertz CT molecular complexity index is 376. The Labute approximate surface area is 112 Å². The third kappa shape index (κ3) is 3.38. The molecule has 1 aromatic carbocycles. The van der Waals surface area contributed by atoms with E-state index in [2.05, 4.69) is 28.2 Å². The van der Waals surface area contributed by atoms with Crippen LogP contribution < -0.4 is 10.1 Å². The van der Waals surface area contributed by atoms with Gasteiger partial charge in [-0.3, -0.25) is 0 Å². The SMILES string of the molecule is COc1ccc(Br)c(NC(C)CC2CCC2)c1. The lowest BCUT2D eigenvalue weighted by Gasteiger charge is -2.29. The number of ether oxygens (including phenoxy) is 1. The van der Waals surface area contributed by atoms with Gasteiger partial charge in [0.2, 0.25) is 0 Å². The molecule has 1 fully saturated rings. The summed E-state index contributed by atoms with van der Waals surface area (Å²) < 4.78 is 6.34. The monoisotopic (exact) mass is 297 g/mol. The van der Waals surface area contributed by atoms with Crippen molar-refractivity contribution in [3.8, 4) is 5.75 Å². The fourth-order valence-electron chi connectivity index (χ4n) is 2.29. The summed E-state index contributed by atoms with van der Waals surface area (Å²) in [5.74, 6) is 1.83. The molecule has 1 aliphatic carbocycles. The molecule has 0 radical (unpaired) electrons. The van der Waals surface area contributed by atoms with E-state index in [1.807, 2.05) is 18.2 Å². The zero-order chi connectivity index (χ0) is 12.3. The zero-order valence-corrected chi connectivity index (χ0v) is 12.1. The Hall–Kier alpha value is -0.700. The van der Waals surface area contributed by atoms with E-state index in [4.69, 9.17) is 4.74 Å². The molecule has 1 aliphatic rings. The van der Waals surface area contributed by atoms with Crippen molar-refractivity contribution in [3.05, 3.63) is 22.7 Å². The molecule has 0 aliphatic heterocycles. The molecule has 2 nitrogen and oxygen atoms in total. The third-order valence-corrected chi connectivity index (χ3v) is 4.18. The van der Waals surface area contributed by atoms with Gasteiger partial charge in [0.05, 0.1) is 12.8 Å². The van der Waals surface area contributed by atoms with Gasteiger partial charge in [-0.2, -0.15) is 0 Å². The van der Waals surface area contributed by atoms with Crippen LogP contribution >= 0.6 is 15.9 Å². The van der Waals surface area contributed by atoms with Crippen LogP contribution in [0.25, 0.3) is 0 Å². The number of benzene rings is 1. The summed E-state index contributed by atoms with van der Waals surface area (Å²) in [7, 11) is 1.70. The predicted octanol–water partition coefficient (Wildman–Crippen LogP) is 4.45. The van der Waals surface area contributed by atoms with Crippen molar-refractivity contribution in [1.29, 1.82) is 0 Å². The fourth-order valence-corrected chi connectivity index (χ4v) is 2.66. The maximum absolute atomic E-state index is 5.24. The molecule has 1 N–H and O–H groups in total. The van der Waals surface area contributed by atoms with Crippen LogP contribution in [0, 0.1) is 5.92 Å². The van der Waals surface area contributed by atoms with Crippen LogP contribution in [0.15, 0.2) is 22.7 Å². The van der Waals surface area contributed by atoms with Crippen LogP contribution in [-0.4, -0.2) is 13.2 Å². The molecule has 0 amide bonds. The summed E-state index contributed by atoms with van der Waals surface area (Å²) in [6.07, 6.45) is 5.50. The summed E-state index contributed by atoms with van der Waals surface area (Å²) in [4.78, 5) is 0. The smallest absolute Gasteiger partial charge is 0.121 e. The highest BCUT2D eigenvalue weighted by Crippen LogP contribution is 2.32. The van der Waals surface area contributed by atoms with Gasteiger partial charge >= 0.3 is 0 Å². The van der Waals surface area contributed by atoms with Crippen molar-refractivity contribution in [1.82, 2.24) is 0 Å². The summed E-state index contributed by atoms with van der Waals surface area (Å²) in [6.45, 7) is 2.25. The number of nitrogens with one attached hydrogen (secondary N) is 1. The van der Waals surface area contributed by atoms with Crippen LogP contribution in [0.1, 0.15) is 32.6 Å². The van der Waals surface area contributed by atoms with E-state index >= 15 is 0 Å². The first-order valence-corrected chi connectivity index (χ1v) is 7.08. The third-order valence-electron chi connectivity index (χ3n) is 3.49. The summed E-state index contributed by atoms with van der Waals surface area (Å²) >= 11 is 3.57. The first kappa shape index (κ1) is 12.7. The summed E-state index contributed by atoms with van der Waals surface area (Å²) in [5.41, 5.74) is 1.12. The van der Waals surface area contributed by atoms with Gasteiger partial charge in [-0.1, -0.05) is 19.3 Å². The van der Waals surface area contributed by atoms with Crippen molar-refractivity contribution < 1.29 is 4.74 Å². The second-order valence-corrected chi connectivity index (χ2v) is 5.78. The predicted molar refractivity (Wildman–Crippen MR) is 75.7 cm³/mol. The Kier molecular flexibility index (Phi) is 4.32. The highest BCUT2D eigenvalue weighted by Gasteiger charge is 2.20. The van der Waals surface area contributed by atoms with Gasteiger partial charge in [0.15, 0.2) is 0 Å². The van der Waals surface area contributed by atoms with Crippen LogP contribution in [0.3, 0.4) is 0 Å². The first-order valence-electron chi connectivity index (χ1n) is 6.29. The molecule has 3 heteroatoms. The number of methoxy groups -OCH3 is 1. The zero-order valence-electron chi connectivity index (χ0n) is 10.5. The van der Waals surface area contributed by atoms with Crippen LogP contribution in [-0.2, 0) is 0 Å². The minimum atomic E-state index is 0.517. The number of anilines is 1. The highest BCUT2D eigenvalue weighted by molar-refractivity contribution is 9.10.